The number of aromatic hydroxyl groups is 1. The van der Waals surface area contributed by atoms with Crippen molar-refractivity contribution in [1.29, 1.82) is 0 Å². The SMILES string of the molecule is CCCCc1cc(OCC)c(O)c(OCC)c1. The molecule has 3 heteroatoms. The van der Waals surface area contributed by atoms with Crippen molar-refractivity contribution >= 4 is 0 Å². The fraction of sp³-hybridized carbons (Fsp3) is 0.571. The van der Waals surface area contributed by atoms with Crippen LogP contribution in [-0.2, 0) is 6.42 Å². The maximum Gasteiger partial charge on any atom is 0.200 e. The molecule has 1 aromatic carbocycles. The van der Waals surface area contributed by atoms with Crippen LogP contribution in [0.1, 0.15) is 39.2 Å². The lowest BCUT2D eigenvalue weighted by Gasteiger charge is -2.13. The molecule has 0 spiro atoms. The summed E-state index contributed by atoms with van der Waals surface area (Å²) in [5, 5.41) is 9.95. The third-order valence-electron chi connectivity index (χ3n) is 2.52. The molecule has 0 aliphatic carbocycles. The Labute approximate surface area is 103 Å². The number of phenols is 1. The van der Waals surface area contributed by atoms with Gasteiger partial charge in [0.2, 0.25) is 5.75 Å². The molecule has 0 aliphatic rings. The second kappa shape index (κ2) is 7.05. The van der Waals surface area contributed by atoms with E-state index in [0.29, 0.717) is 24.7 Å². The second-order valence-corrected chi connectivity index (χ2v) is 3.91. The summed E-state index contributed by atoms with van der Waals surface area (Å²) in [6.07, 6.45) is 3.26. The molecule has 96 valence electrons. The number of benzene rings is 1. The van der Waals surface area contributed by atoms with Crippen molar-refractivity contribution in [2.75, 3.05) is 13.2 Å². The van der Waals surface area contributed by atoms with Gasteiger partial charge in [0.1, 0.15) is 0 Å². The quantitative estimate of drug-likeness (QED) is 0.789. The minimum absolute atomic E-state index is 0.106. The number of hydrogen-bond donors (Lipinski definition) is 1. The van der Waals surface area contributed by atoms with Crippen LogP contribution in [0.4, 0.5) is 0 Å². The van der Waals surface area contributed by atoms with Crippen LogP contribution in [0.3, 0.4) is 0 Å². The van der Waals surface area contributed by atoms with Gasteiger partial charge in [0, 0.05) is 0 Å². The summed E-state index contributed by atoms with van der Waals surface area (Å²) in [5.41, 5.74) is 1.15. The highest BCUT2D eigenvalue weighted by atomic mass is 16.5. The average molecular weight is 238 g/mol. The Morgan fingerprint density at radius 2 is 1.53 bits per heavy atom. The minimum Gasteiger partial charge on any atom is -0.502 e. The normalized spacial score (nSPS) is 10.3. The molecule has 0 atom stereocenters. The Bertz CT molecular complexity index is 320. The van der Waals surface area contributed by atoms with E-state index in [4.69, 9.17) is 9.47 Å². The number of phenolic OH excluding ortho intramolecular Hbond substituents is 1. The highest BCUT2D eigenvalue weighted by Crippen LogP contribution is 2.37. The van der Waals surface area contributed by atoms with E-state index in [1.54, 1.807) is 0 Å². The molecule has 0 heterocycles. The number of hydrogen-bond acceptors (Lipinski definition) is 3. The molecule has 1 N–H and O–H groups in total. The molecule has 17 heavy (non-hydrogen) atoms. The molecule has 0 saturated carbocycles. The lowest BCUT2D eigenvalue weighted by Crippen LogP contribution is -1.98. The van der Waals surface area contributed by atoms with Crippen LogP contribution in [0.2, 0.25) is 0 Å². The van der Waals surface area contributed by atoms with Gasteiger partial charge in [0.25, 0.3) is 0 Å². The summed E-state index contributed by atoms with van der Waals surface area (Å²) < 4.78 is 10.8. The molecule has 3 nitrogen and oxygen atoms in total. The molecule has 0 saturated heterocycles. The van der Waals surface area contributed by atoms with Gasteiger partial charge < -0.3 is 14.6 Å². The zero-order chi connectivity index (χ0) is 12.7. The summed E-state index contributed by atoms with van der Waals surface area (Å²) >= 11 is 0. The van der Waals surface area contributed by atoms with Crippen molar-refractivity contribution < 1.29 is 14.6 Å². The maximum absolute atomic E-state index is 9.95. The molecule has 0 amide bonds. The van der Waals surface area contributed by atoms with Crippen LogP contribution >= 0.6 is 0 Å². The molecule has 1 rings (SSSR count). The van der Waals surface area contributed by atoms with Crippen molar-refractivity contribution in [3.63, 3.8) is 0 Å². The largest absolute Gasteiger partial charge is 0.502 e. The third-order valence-corrected chi connectivity index (χ3v) is 2.52. The van der Waals surface area contributed by atoms with Crippen LogP contribution in [0.25, 0.3) is 0 Å². The molecule has 0 radical (unpaired) electrons. The van der Waals surface area contributed by atoms with Crippen LogP contribution in [0, 0.1) is 0 Å². The molecule has 1 aromatic rings. The highest BCUT2D eigenvalue weighted by molar-refractivity contribution is 5.52. The second-order valence-electron chi connectivity index (χ2n) is 3.91. The van der Waals surface area contributed by atoms with E-state index in [2.05, 4.69) is 6.92 Å². The Kier molecular flexibility index (Phi) is 5.67. The molecular weight excluding hydrogens is 216 g/mol. The van der Waals surface area contributed by atoms with E-state index < -0.39 is 0 Å². The summed E-state index contributed by atoms with van der Waals surface area (Å²) in [4.78, 5) is 0. The van der Waals surface area contributed by atoms with E-state index in [-0.39, 0.29) is 5.75 Å². The van der Waals surface area contributed by atoms with Gasteiger partial charge in [-0.1, -0.05) is 13.3 Å². The monoisotopic (exact) mass is 238 g/mol. The van der Waals surface area contributed by atoms with Crippen LogP contribution in [0.5, 0.6) is 17.2 Å². The van der Waals surface area contributed by atoms with Crippen molar-refractivity contribution in [1.82, 2.24) is 0 Å². The zero-order valence-electron chi connectivity index (χ0n) is 11.0. The predicted octanol–water partition coefficient (Wildman–Crippen LogP) is 3.53. The van der Waals surface area contributed by atoms with E-state index in [9.17, 15) is 5.11 Å². The first-order valence-electron chi connectivity index (χ1n) is 6.34. The van der Waals surface area contributed by atoms with Crippen molar-refractivity contribution in [2.24, 2.45) is 0 Å². The number of ether oxygens (including phenoxy) is 2. The summed E-state index contributed by atoms with van der Waals surface area (Å²) in [7, 11) is 0. The third kappa shape index (κ3) is 3.84. The highest BCUT2D eigenvalue weighted by Gasteiger charge is 2.11. The fourth-order valence-corrected chi connectivity index (χ4v) is 1.69. The van der Waals surface area contributed by atoms with Gasteiger partial charge in [-0.15, -0.1) is 0 Å². The van der Waals surface area contributed by atoms with E-state index in [1.165, 1.54) is 0 Å². The summed E-state index contributed by atoms with van der Waals surface area (Å²) in [6, 6.07) is 3.80. The first kappa shape index (κ1) is 13.7. The Morgan fingerprint density at radius 1 is 1.00 bits per heavy atom. The fourth-order valence-electron chi connectivity index (χ4n) is 1.69. The van der Waals surface area contributed by atoms with Crippen LogP contribution < -0.4 is 9.47 Å². The van der Waals surface area contributed by atoms with E-state index >= 15 is 0 Å². The number of aryl methyl sites for hydroxylation is 1. The zero-order valence-corrected chi connectivity index (χ0v) is 11.0. The Hall–Kier alpha value is -1.38. The van der Waals surface area contributed by atoms with E-state index in [1.807, 2.05) is 26.0 Å². The topological polar surface area (TPSA) is 38.7 Å². The number of unbranched alkanes of at least 4 members (excludes halogenated alkanes) is 1. The summed E-state index contributed by atoms with van der Waals surface area (Å²) in [6.45, 7) is 7.04. The Morgan fingerprint density at radius 3 is 1.94 bits per heavy atom. The standard InChI is InChI=1S/C14H22O3/c1-4-7-8-11-9-12(16-5-2)14(15)13(10-11)17-6-3/h9-10,15H,4-8H2,1-3H3. The molecule has 0 fully saturated rings. The van der Waals surface area contributed by atoms with E-state index in [0.717, 1.165) is 24.8 Å². The molecule has 0 bridgehead atoms. The summed E-state index contributed by atoms with van der Waals surface area (Å²) in [5.74, 6) is 1.14. The predicted molar refractivity (Wildman–Crippen MR) is 69.1 cm³/mol. The van der Waals surface area contributed by atoms with Gasteiger partial charge in [-0.05, 0) is 44.4 Å². The van der Waals surface area contributed by atoms with Gasteiger partial charge in [0.15, 0.2) is 11.5 Å². The van der Waals surface area contributed by atoms with Crippen LogP contribution in [0.15, 0.2) is 12.1 Å². The maximum atomic E-state index is 9.95. The smallest absolute Gasteiger partial charge is 0.200 e. The van der Waals surface area contributed by atoms with Gasteiger partial charge in [-0.2, -0.15) is 0 Å². The van der Waals surface area contributed by atoms with Gasteiger partial charge in [-0.25, -0.2) is 0 Å². The lowest BCUT2D eigenvalue weighted by atomic mass is 10.1. The first-order valence-corrected chi connectivity index (χ1v) is 6.34. The molecular formula is C14H22O3. The number of rotatable bonds is 7. The molecule has 0 aromatic heterocycles. The van der Waals surface area contributed by atoms with Gasteiger partial charge in [0.05, 0.1) is 13.2 Å². The van der Waals surface area contributed by atoms with Crippen molar-refractivity contribution in [3.05, 3.63) is 17.7 Å². The minimum atomic E-state index is 0.106. The van der Waals surface area contributed by atoms with Gasteiger partial charge >= 0.3 is 0 Å². The molecule has 0 aliphatic heterocycles. The molecule has 0 unspecified atom stereocenters. The van der Waals surface area contributed by atoms with Gasteiger partial charge in [-0.3, -0.25) is 0 Å². The average Bonchev–Trinajstić information content (AvgIpc) is 2.32. The van der Waals surface area contributed by atoms with Crippen LogP contribution in [-0.4, -0.2) is 18.3 Å². The van der Waals surface area contributed by atoms with Crippen molar-refractivity contribution in [2.45, 2.75) is 40.0 Å². The van der Waals surface area contributed by atoms with Crippen molar-refractivity contribution in [3.8, 4) is 17.2 Å². The first-order chi connectivity index (χ1) is 8.22. The Balaban J connectivity index is 2.98. The lowest BCUT2D eigenvalue weighted by molar-refractivity contribution is 0.289.